The lowest BCUT2D eigenvalue weighted by Crippen LogP contribution is -2.25. The first-order valence-electron chi connectivity index (χ1n) is 5.10. The highest BCUT2D eigenvalue weighted by molar-refractivity contribution is 4.99. The molecule has 2 rings (SSSR count). The summed E-state index contributed by atoms with van der Waals surface area (Å²) in [4.78, 5) is 11.5. The van der Waals surface area contributed by atoms with Gasteiger partial charge >= 0.3 is 5.69 Å². The molecular formula is C9H16N4O. The Morgan fingerprint density at radius 1 is 1.57 bits per heavy atom. The molecule has 0 aliphatic carbocycles. The van der Waals surface area contributed by atoms with Crippen LogP contribution in [-0.2, 0) is 0 Å². The molecule has 1 aliphatic rings. The largest absolute Gasteiger partial charge is 0.343 e. The van der Waals surface area contributed by atoms with Crippen molar-refractivity contribution in [3.05, 3.63) is 16.3 Å². The van der Waals surface area contributed by atoms with Gasteiger partial charge in [0.25, 0.3) is 0 Å². The molecule has 0 amide bonds. The Bertz CT molecular complexity index is 359. The van der Waals surface area contributed by atoms with E-state index in [-0.39, 0.29) is 17.8 Å². The minimum absolute atomic E-state index is 0.108. The second-order valence-electron chi connectivity index (χ2n) is 4.00. The molecule has 2 N–H and O–H groups in total. The van der Waals surface area contributed by atoms with Crippen molar-refractivity contribution in [1.29, 1.82) is 0 Å². The van der Waals surface area contributed by atoms with Crippen LogP contribution in [0.3, 0.4) is 0 Å². The summed E-state index contributed by atoms with van der Waals surface area (Å²) in [5.74, 6) is 0.850. The highest BCUT2D eigenvalue weighted by Crippen LogP contribution is 2.21. The normalized spacial score (nSPS) is 22.1. The number of nitrogens with zero attached hydrogens (tertiary/aromatic N) is 2. The van der Waals surface area contributed by atoms with Crippen LogP contribution in [0.15, 0.2) is 4.79 Å². The molecule has 5 nitrogen and oxygen atoms in total. The maximum absolute atomic E-state index is 11.5. The second kappa shape index (κ2) is 3.57. The van der Waals surface area contributed by atoms with E-state index in [0.717, 1.165) is 25.2 Å². The van der Waals surface area contributed by atoms with Crippen molar-refractivity contribution in [2.75, 3.05) is 6.54 Å². The molecule has 14 heavy (non-hydrogen) atoms. The van der Waals surface area contributed by atoms with Crippen molar-refractivity contribution in [1.82, 2.24) is 20.1 Å². The molecule has 1 aliphatic heterocycles. The molecule has 1 atom stereocenters. The van der Waals surface area contributed by atoms with Crippen LogP contribution in [0.5, 0.6) is 0 Å². The summed E-state index contributed by atoms with van der Waals surface area (Å²) >= 11 is 0. The van der Waals surface area contributed by atoms with Crippen molar-refractivity contribution >= 4 is 0 Å². The first-order chi connectivity index (χ1) is 6.70. The number of hydrogen-bond acceptors (Lipinski definition) is 3. The standard InChI is InChI=1S/C9H16N4O/c1-6(2)13-8(11-12-9(13)14)7-4-3-5-10-7/h6-7,10H,3-5H2,1-2H3,(H,12,14). The average molecular weight is 196 g/mol. The Labute approximate surface area is 82.5 Å². The van der Waals surface area contributed by atoms with E-state index in [0.29, 0.717) is 0 Å². The summed E-state index contributed by atoms with van der Waals surface area (Å²) < 4.78 is 1.73. The van der Waals surface area contributed by atoms with E-state index in [1.54, 1.807) is 4.57 Å². The predicted octanol–water partition coefficient (Wildman–Crippen LogP) is 0.577. The van der Waals surface area contributed by atoms with Crippen molar-refractivity contribution in [2.45, 2.75) is 38.8 Å². The third kappa shape index (κ3) is 1.48. The van der Waals surface area contributed by atoms with Gasteiger partial charge < -0.3 is 5.32 Å². The lowest BCUT2D eigenvalue weighted by molar-refractivity contribution is 0.498. The number of nitrogens with one attached hydrogen (secondary N) is 2. The molecule has 1 unspecified atom stereocenters. The maximum Gasteiger partial charge on any atom is 0.343 e. The van der Waals surface area contributed by atoms with Gasteiger partial charge in [-0.1, -0.05) is 0 Å². The molecule has 1 saturated heterocycles. The van der Waals surface area contributed by atoms with E-state index in [4.69, 9.17) is 0 Å². The van der Waals surface area contributed by atoms with Crippen LogP contribution in [0.2, 0.25) is 0 Å². The molecule has 0 bridgehead atoms. The first kappa shape index (κ1) is 9.45. The van der Waals surface area contributed by atoms with Gasteiger partial charge in [-0.15, -0.1) is 0 Å². The molecule has 0 radical (unpaired) electrons. The lowest BCUT2D eigenvalue weighted by Gasteiger charge is -2.13. The molecule has 1 fully saturated rings. The van der Waals surface area contributed by atoms with Crippen LogP contribution < -0.4 is 11.0 Å². The van der Waals surface area contributed by atoms with E-state index < -0.39 is 0 Å². The van der Waals surface area contributed by atoms with Crippen LogP contribution >= 0.6 is 0 Å². The summed E-state index contributed by atoms with van der Waals surface area (Å²) in [5, 5.41) is 9.93. The van der Waals surface area contributed by atoms with Crippen LogP contribution in [0, 0.1) is 0 Å². The third-order valence-electron chi connectivity index (χ3n) is 2.62. The van der Waals surface area contributed by atoms with Gasteiger partial charge in [-0.05, 0) is 33.2 Å². The van der Waals surface area contributed by atoms with E-state index in [1.165, 1.54) is 0 Å². The Hall–Kier alpha value is -1.10. The Kier molecular flexibility index (Phi) is 2.41. The van der Waals surface area contributed by atoms with Gasteiger partial charge in [-0.2, -0.15) is 5.10 Å². The van der Waals surface area contributed by atoms with Crippen molar-refractivity contribution < 1.29 is 0 Å². The Balaban J connectivity index is 2.37. The van der Waals surface area contributed by atoms with Crippen molar-refractivity contribution in [3.63, 3.8) is 0 Å². The number of aromatic amines is 1. The first-order valence-corrected chi connectivity index (χ1v) is 5.10. The summed E-state index contributed by atoms with van der Waals surface area (Å²) in [6, 6.07) is 0.412. The molecule has 0 spiro atoms. The Morgan fingerprint density at radius 3 is 2.93 bits per heavy atom. The number of hydrogen-bond donors (Lipinski definition) is 2. The quantitative estimate of drug-likeness (QED) is 0.727. The van der Waals surface area contributed by atoms with Crippen molar-refractivity contribution in [2.24, 2.45) is 0 Å². The fourth-order valence-corrected chi connectivity index (χ4v) is 1.97. The molecule has 78 valence electrons. The van der Waals surface area contributed by atoms with E-state index >= 15 is 0 Å². The van der Waals surface area contributed by atoms with E-state index in [9.17, 15) is 4.79 Å². The summed E-state index contributed by atoms with van der Waals surface area (Å²) in [7, 11) is 0. The lowest BCUT2D eigenvalue weighted by atomic mass is 10.2. The smallest absolute Gasteiger partial charge is 0.307 e. The molecule has 0 saturated carbocycles. The minimum atomic E-state index is -0.108. The molecular weight excluding hydrogens is 180 g/mol. The van der Waals surface area contributed by atoms with Gasteiger partial charge in [-0.3, -0.25) is 4.57 Å². The minimum Gasteiger partial charge on any atom is -0.307 e. The zero-order chi connectivity index (χ0) is 10.1. The van der Waals surface area contributed by atoms with Gasteiger partial charge in [0.15, 0.2) is 5.82 Å². The number of rotatable bonds is 2. The average Bonchev–Trinajstić information content (AvgIpc) is 2.70. The fourth-order valence-electron chi connectivity index (χ4n) is 1.97. The molecule has 2 heterocycles. The van der Waals surface area contributed by atoms with E-state index in [1.807, 2.05) is 13.8 Å². The highest BCUT2D eigenvalue weighted by atomic mass is 16.1. The highest BCUT2D eigenvalue weighted by Gasteiger charge is 2.23. The number of H-pyrrole nitrogens is 1. The summed E-state index contributed by atoms with van der Waals surface area (Å²) in [6.07, 6.45) is 2.22. The zero-order valence-corrected chi connectivity index (χ0v) is 8.58. The van der Waals surface area contributed by atoms with Gasteiger partial charge in [0, 0.05) is 6.04 Å². The predicted molar refractivity (Wildman–Crippen MR) is 53.2 cm³/mol. The molecule has 1 aromatic heterocycles. The second-order valence-corrected chi connectivity index (χ2v) is 4.00. The van der Waals surface area contributed by atoms with Gasteiger partial charge in [0.2, 0.25) is 0 Å². The summed E-state index contributed by atoms with van der Waals surface area (Å²) in [5.41, 5.74) is -0.108. The fraction of sp³-hybridized carbons (Fsp3) is 0.778. The zero-order valence-electron chi connectivity index (χ0n) is 8.58. The van der Waals surface area contributed by atoms with Crippen LogP contribution in [0.25, 0.3) is 0 Å². The topological polar surface area (TPSA) is 62.7 Å². The monoisotopic (exact) mass is 196 g/mol. The molecule has 1 aromatic rings. The SMILES string of the molecule is CC(C)n1c(C2CCCN2)n[nH]c1=O. The van der Waals surface area contributed by atoms with Crippen LogP contribution in [0.4, 0.5) is 0 Å². The van der Waals surface area contributed by atoms with Gasteiger partial charge in [-0.25, -0.2) is 9.89 Å². The third-order valence-corrected chi connectivity index (χ3v) is 2.62. The van der Waals surface area contributed by atoms with Crippen LogP contribution in [-0.4, -0.2) is 21.3 Å². The van der Waals surface area contributed by atoms with Crippen molar-refractivity contribution in [3.8, 4) is 0 Å². The Morgan fingerprint density at radius 2 is 2.36 bits per heavy atom. The molecule has 5 heteroatoms. The van der Waals surface area contributed by atoms with Crippen LogP contribution in [0.1, 0.15) is 44.6 Å². The summed E-state index contributed by atoms with van der Waals surface area (Å²) in [6.45, 7) is 5.01. The number of aromatic nitrogens is 3. The van der Waals surface area contributed by atoms with Gasteiger partial charge in [0.05, 0.1) is 6.04 Å². The van der Waals surface area contributed by atoms with E-state index in [2.05, 4.69) is 15.5 Å². The van der Waals surface area contributed by atoms with Gasteiger partial charge in [0.1, 0.15) is 0 Å². The molecule has 0 aromatic carbocycles. The maximum atomic E-state index is 11.5.